The number of carbonyl (C=O) groups excluding carboxylic acids is 3. The van der Waals surface area contributed by atoms with E-state index in [1.165, 1.54) is 11.8 Å². The van der Waals surface area contributed by atoms with E-state index in [9.17, 15) is 19.5 Å². The molecule has 8 nitrogen and oxygen atoms in total. The van der Waals surface area contributed by atoms with Gasteiger partial charge in [0.05, 0.1) is 12.6 Å². The molecule has 0 radical (unpaired) electrons. The van der Waals surface area contributed by atoms with Gasteiger partial charge in [0.1, 0.15) is 11.6 Å². The summed E-state index contributed by atoms with van der Waals surface area (Å²) in [6, 6.07) is -1.14. The number of β-lactam (4-membered cyclic amide) rings is 1. The molecule has 2 saturated heterocycles. The van der Waals surface area contributed by atoms with E-state index in [1.54, 1.807) is 0 Å². The molecular weight excluding hydrogens is 264 g/mol. The van der Waals surface area contributed by atoms with Crippen LogP contribution in [-0.2, 0) is 14.4 Å². The van der Waals surface area contributed by atoms with E-state index < -0.39 is 29.5 Å². The van der Waals surface area contributed by atoms with Crippen LogP contribution in [0.15, 0.2) is 0 Å². The Labute approximate surface area is 116 Å². The van der Waals surface area contributed by atoms with Gasteiger partial charge in [-0.15, -0.1) is 0 Å². The number of nitrogens with one attached hydrogen (secondary N) is 2. The molecule has 2 heterocycles. The Hall–Kier alpha value is -1.67. The van der Waals surface area contributed by atoms with Gasteiger partial charge in [-0.3, -0.25) is 14.4 Å². The quantitative estimate of drug-likeness (QED) is 0.409. The highest BCUT2D eigenvalue weighted by molar-refractivity contribution is 5.97. The molecule has 0 aromatic carbocycles. The Morgan fingerprint density at radius 1 is 1.60 bits per heavy atom. The Morgan fingerprint density at radius 2 is 2.30 bits per heavy atom. The molecule has 0 aromatic heterocycles. The summed E-state index contributed by atoms with van der Waals surface area (Å²) in [4.78, 5) is 36.3. The van der Waals surface area contributed by atoms with Gasteiger partial charge < -0.3 is 26.4 Å². The largest absolute Gasteiger partial charge is 0.391 e. The van der Waals surface area contributed by atoms with Crippen LogP contribution in [0.25, 0.3) is 0 Å². The molecule has 0 saturated carbocycles. The van der Waals surface area contributed by atoms with Gasteiger partial charge in [-0.2, -0.15) is 0 Å². The minimum Gasteiger partial charge on any atom is -0.391 e. The van der Waals surface area contributed by atoms with Gasteiger partial charge >= 0.3 is 0 Å². The van der Waals surface area contributed by atoms with E-state index in [0.717, 1.165) is 19.4 Å². The lowest BCUT2D eigenvalue weighted by Crippen LogP contribution is -2.72. The van der Waals surface area contributed by atoms with Crippen LogP contribution < -0.4 is 16.4 Å². The van der Waals surface area contributed by atoms with Gasteiger partial charge in [-0.25, -0.2) is 0 Å². The van der Waals surface area contributed by atoms with Gasteiger partial charge in [-0.1, -0.05) is 0 Å². The van der Waals surface area contributed by atoms with Crippen molar-refractivity contribution >= 4 is 17.7 Å². The van der Waals surface area contributed by atoms with Crippen molar-refractivity contribution in [2.45, 2.75) is 37.5 Å². The van der Waals surface area contributed by atoms with Gasteiger partial charge in [-0.05, 0) is 26.3 Å². The van der Waals surface area contributed by atoms with Crippen molar-refractivity contribution < 1.29 is 19.5 Å². The molecule has 20 heavy (non-hydrogen) atoms. The zero-order valence-corrected chi connectivity index (χ0v) is 11.4. The number of aliphatic hydroxyl groups excluding tert-OH is 1. The highest BCUT2D eigenvalue weighted by atomic mass is 16.3. The van der Waals surface area contributed by atoms with Crippen LogP contribution >= 0.6 is 0 Å². The Balaban J connectivity index is 1.84. The maximum Gasteiger partial charge on any atom is 0.245 e. The third-order valence-electron chi connectivity index (χ3n) is 3.84. The van der Waals surface area contributed by atoms with Crippen LogP contribution in [-0.4, -0.2) is 65.0 Å². The van der Waals surface area contributed by atoms with Gasteiger partial charge in [0.2, 0.25) is 17.7 Å². The SMILES string of the molecule is CC(O)C(NC(=O)CN1CC2(CCCN2)C1=O)C(N)=O. The van der Waals surface area contributed by atoms with Crippen molar-refractivity contribution in [1.82, 2.24) is 15.5 Å². The molecule has 2 fully saturated rings. The van der Waals surface area contributed by atoms with Crippen LogP contribution in [0.1, 0.15) is 19.8 Å². The van der Waals surface area contributed by atoms with Crippen molar-refractivity contribution in [3.63, 3.8) is 0 Å². The second kappa shape index (κ2) is 5.37. The van der Waals surface area contributed by atoms with Crippen molar-refractivity contribution in [2.75, 3.05) is 19.6 Å². The molecule has 8 heteroatoms. The standard InChI is InChI=1S/C12H20N4O4/c1-7(17)9(10(13)19)15-8(18)5-16-6-12(11(16)20)3-2-4-14-12/h7,9,14,17H,2-6H2,1H3,(H2,13,19)(H,15,18). The average molecular weight is 284 g/mol. The first-order chi connectivity index (χ1) is 9.35. The first-order valence-corrected chi connectivity index (χ1v) is 6.67. The Bertz CT molecular complexity index is 431. The summed E-state index contributed by atoms with van der Waals surface area (Å²) >= 11 is 0. The van der Waals surface area contributed by atoms with Gasteiger partial charge in [0.15, 0.2) is 0 Å². The van der Waals surface area contributed by atoms with E-state index in [4.69, 9.17) is 5.73 Å². The summed E-state index contributed by atoms with van der Waals surface area (Å²) in [6.45, 7) is 2.55. The number of carbonyl (C=O) groups is 3. The van der Waals surface area contributed by atoms with Crippen LogP contribution in [0.4, 0.5) is 0 Å². The van der Waals surface area contributed by atoms with Crippen LogP contribution in [0.3, 0.4) is 0 Å². The molecule has 1 spiro atoms. The Morgan fingerprint density at radius 3 is 2.75 bits per heavy atom. The van der Waals surface area contributed by atoms with E-state index in [2.05, 4.69) is 10.6 Å². The lowest BCUT2D eigenvalue weighted by Gasteiger charge is -2.46. The molecular formula is C12H20N4O4. The number of likely N-dealkylation sites (tertiary alicyclic amines) is 1. The summed E-state index contributed by atoms with van der Waals surface area (Å²) < 4.78 is 0. The number of aliphatic hydroxyl groups is 1. The monoisotopic (exact) mass is 284 g/mol. The predicted octanol–water partition coefficient (Wildman–Crippen LogP) is -2.70. The zero-order valence-electron chi connectivity index (χ0n) is 11.4. The van der Waals surface area contributed by atoms with E-state index in [-0.39, 0.29) is 12.5 Å². The number of nitrogens with two attached hydrogens (primary N) is 1. The van der Waals surface area contributed by atoms with Crippen molar-refractivity contribution in [1.29, 1.82) is 0 Å². The molecule has 2 aliphatic rings. The lowest BCUT2D eigenvalue weighted by atomic mass is 9.87. The van der Waals surface area contributed by atoms with Crippen molar-refractivity contribution in [2.24, 2.45) is 5.73 Å². The predicted molar refractivity (Wildman–Crippen MR) is 69.4 cm³/mol. The van der Waals surface area contributed by atoms with Crippen LogP contribution in [0, 0.1) is 0 Å². The summed E-state index contributed by atoms with van der Waals surface area (Å²) in [6.07, 6.45) is 0.672. The fourth-order valence-corrected chi connectivity index (χ4v) is 2.75. The van der Waals surface area contributed by atoms with E-state index in [0.29, 0.717) is 6.54 Å². The topological polar surface area (TPSA) is 125 Å². The smallest absolute Gasteiger partial charge is 0.245 e. The summed E-state index contributed by atoms with van der Waals surface area (Å²) in [5, 5.41) is 14.8. The molecule has 112 valence electrons. The minimum atomic E-state index is -1.14. The third-order valence-corrected chi connectivity index (χ3v) is 3.84. The first-order valence-electron chi connectivity index (χ1n) is 6.67. The fraction of sp³-hybridized carbons (Fsp3) is 0.750. The lowest BCUT2D eigenvalue weighted by molar-refractivity contribution is -0.155. The maximum atomic E-state index is 12.0. The van der Waals surface area contributed by atoms with E-state index >= 15 is 0 Å². The summed E-state index contributed by atoms with van der Waals surface area (Å²) in [7, 11) is 0. The number of amides is 3. The first kappa shape index (κ1) is 14.7. The minimum absolute atomic E-state index is 0.0854. The van der Waals surface area contributed by atoms with Crippen LogP contribution in [0.2, 0.25) is 0 Å². The van der Waals surface area contributed by atoms with E-state index in [1.807, 2.05) is 0 Å². The third kappa shape index (κ3) is 2.61. The van der Waals surface area contributed by atoms with Gasteiger partial charge in [0.25, 0.3) is 0 Å². The molecule has 3 amide bonds. The number of hydrogen-bond acceptors (Lipinski definition) is 5. The maximum absolute atomic E-state index is 12.0. The molecule has 3 unspecified atom stereocenters. The number of rotatable bonds is 5. The zero-order chi connectivity index (χ0) is 14.9. The molecule has 2 aliphatic heterocycles. The van der Waals surface area contributed by atoms with Gasteiger partial charge in [0, 0.05) is 6.54 Å². The molecule has 3 atom stereocenters. The number of nitrogens with zero attached hydrogens (tertiary/aromatic N) is 1. The Kier molecular flexibility index (Phi) is 3.96. The summed E-state index contributed by atoms with van der Waals surface area (Å²) in [5.74, 6) is -1.40. The molecule has 0 bridgehead atoms. The molecule has 5 N–H and O–H groups in total. The van der Waals surface area contributed by atoms with Crippen LogP contribution in [0.5, 0.6) is 0 Å². The fourth-order valence-electron chi connectivity index (χ4n) is 2.75. The molecule has 0 aliphatic carbocycles. The number of primary amides is 1. The van der Waals surface area contributed by atoms with Crippen molar-refractivity contribution in [3.8, 4) is 0 Å². The molecule has 2 rings (SSSR count). The number of hydrogen-bond donors (Lipinski definition) is 4. The normalized spacial score (nSPS) is 28.1. The molecule has 0 aromatic rings. The second-order valence-corrected chi connectivity index (χ2v) is 5.46. The highest BCUT2D eigenvalue weighted by Gasteiger charge is 2.53. The average Bonchev–Trinajstić information content (AvgIpc) is 2.85. The summed E-state index contributed by atoms with van der Waals surface area (Å²) in [5.41, 5.74) is 4.60. The highest BCUT2D eigenvalue weighted by Crippen LogP contribution is 2.30. The van der Waals surface area contributed by atoms with Crippen molar-refractivity contribution in [3.05, 3.63) is 0 Å². The second-order valence-electron chi connectivity index (χ2n) is 5.46.